The van der Waals surface area contributed by atoms with E-state index < -0.39 is 0 Å². The lowest BCUT2D eigenvalue weighted by Crippen LogP contribution is -2.21. The Morgan fingerprint density at radius 2 is 2.31 bits per heavy atom. The molecule has 1 N–H and O–H groups in total. The smallest absolute Gasteiger partial charge is 0.243 e. The highest BCUT2D eigenvalue weighted by Gasteiger charge is 2.33. The highest BCUT2D eigenvalue weighted by atomic mass is 16.1. The van der Waals surface area contributed by atoms with E-state index in [2.05, 4.69) is 32.2 Å². The molecule has 0 fully saturated rings. The standard InChI is InChI=1S/C14H23NO/c1-5-15-13(16)8-6-7-12-10-9-11(2)14(12,3)4/h6,8-9,12H,5,7,10H2,1-4H3,(H,15,16). The summed E-state index contributed by atoms with van der Waals surface area (Å²) in [7, 11) is 0. The summed E-state index contributed by atoms with van der Waals surface area (Å²) < 4.78 is 0. The van der Waals surface area contributed by atoms with Crippen LogP contribution in [-0.2, 0) is 4.79 Å². The zero-order chi connectivity index (χ0) is 12.2. The summed E-state index contributed by atoms with van der Waals surface area (Å²) in [5.74, 6) is 0.654. The number of hydrogen-bond donors (Lipinski definition) is 1. The molecule has 0 heterocycles. The third kappa shape index (κ3) is 2.97. The highest BCUT2D eigenvalue weighted by Crippen LogP contribution is 2.44. The van der Waals surface area contributed by atoms with Gasteiger partial charge in [0.25, 0.3) is 0 Å². The molecule has 0 bridgehead atoms. The van der Waals surface area contributed by atoms with E-state index in [4.69, 9.17) is 0 Å². The summed E-state index contributed by atoms with van der Waals surface area (Å²) in [6, 6.07) is 0. The van der Waals surface area contributed by atoms with Crippen molar-refractivity contribution in [2.24, 2.45) is 11.3 Å². The third-order valence-corrected chi connectivity index (χ3v) is 3.79. The van der Waals surface area contributed by atoms with Crippen LogP contribution in [0.5, 0.6) is 0 Å². The SMILES string of the molecule is CCNC(=O)C=CCC1CC=C(C)C1(C)C. The number of allylic oxidation sites excluding steroid dienone is 3. The lowest BCUT2D eigenvalue weighted by molar-refractivity contribution is -0.116. The van der Waals surface area contributed by atoms with Crippen LogP contribution in [0.4, 0.5) is 0 Å². The number of carbonyl (C=O) groups excluding carboxylic acids is 1. The van der Waals surface area contributed by atoms with E-state index in [-0.39, 0.29) is 11.3 Å². The minimum Gasteiger partial charge on any atom is -0.353 e. The summed E-state index contributed by atoms with van der Waals surface area (Å²) >= 11 is 0. The first-order valence-electron chi connectivity index (χ1n) is 6.10. The molecule has 1 aliphatic carbocycles. The van der Waals surface area contributed by atoms with Gasteiger partial charge in [-0.15, -0.1) is 0 Å². The number of amides is 1. The van der Waals surface area contributed by atoms with Crippen LogP contribution in [0.1, 0.15) is 40.5 Å². The zero-order valence-electron chi connectivity index (χ0n) is 10.8. The first-order valence-corrected chi connectivity index (χ1v) is 6.10. The quantitative estimate of drug-likeness (QED) is 0.573. The van der Waals surface area contributed by atoms with Crippen LogP contribution in [0.2, 0.25) is 0 Å². The lowest BCUT2D eigenvalue weighted by atomic mass is 9.76. The van der Waals surface area contributed by atoms with Gasteiger partial charge < -0.3 is 5.32 Å². The molecule has 0 aromatic heterocycles. The molecule has 90 valence electrons. The van der Waals surface area contributed by atoms with Gasteiger partial charge in [-0.25, -0.2) is 0 Å². The Balaban J connectivity index is 2.43. The van der Waals surface area contributed by atoms with Crippen LogP contribution in [0.3, 0.4) is 0 Å². The predicted octanol–water partition coefficient (Wildman–Crippen LogP) is 3.06. The van der Waals surface area contributed by atoms with E-state index in [1.54, 1.807) is 6.08 Å². The molecule has 0 spiro atoms. The fourth-order valence-electron chi connectivity index (χ4n) is 2.16. The van der Waals surface area contributed by atoms with Crippen molar-refractivity contribution < 1.29 is 4.79 Å². The Hall–Kier alpha value is -1.05. The molecule has 16 heavy (non-hydrogen) atoms. The first kappa shape index (κ1) is 13.0. The second-order valence-electron chi connectivity index (χ2n) is 5.07. The molecule has 0 saturated carbocycles. The van der Waals surface area contributed by atoms with Crippen LogP contribution in [-0.4, -0.2) is 12.5 Å². The maximum Gasteiger partial charge on any atom is 0.243 e. The van der Waals surface area contributed by atoms with Crippen LogP contribution in [0.25, 0.3) is 0 Å². The van der Waals surface area contributed by atoms with Gasteiger partial charge in [-0.2, -0.15) is 0 Å². The molecule has 0 saturated heterocycles. The van der Waals surface area contributed by atoms with Crippen molar-refractivity contribution in [2.45, 2.75) is 40.5 Å². The summed E-state index contributed by atoms with van der Waals surface area (Å²) in [5, 5.41) is 2.76. The minimum atomic E-state index is 0.0167. The van der Waals surface area contributed by atoms with Gasteiger partial charge in [-0.3, -0.25) is 4.79 Å². The summed E-state index contributed by atoms with van der Waals surface area (Å²) in [5.41, 5.74) is 1.76. The largest absolute Gasteiger partial charge is 0.353 e. The number of likely N-dealkylation sites (N-methyl/N-ethyl adjacent to an activating group) is 1. The zero-order valence-corrected chi connectivity index (χ0v) is 10.8. The second-order valence-corrected chi connectivity index (χ2v) is 5.07. The molecule has 1 unspecified atom stereocenters. The highest BCUT2D eigenvalue weighted by molar-refractivity contribution is 5.87. The van der Waals surface area contributed by atoms with Gasteiger partial charge >= 0.3 is 0 Å². The Labute approximate surface area is 98.8 Å². The van der Waals surface area contributed by atoms with Gasteiger partial charge in [-0.05, 0) is 44.1 Å². The molecule has 2 heteroatoms. The van der Waals surface area contributed by atoms with E-state index in [9.17, 15) is 4.79 Å². The topological polar surface area (TPSA) is 29.1 Å². The number of hydrogen-bond acceptors (Lipinski definition) is 1. The molecule has 0 aromatic rings. The Morgan fingerprint density at radius 1 is 1.62 bits per heavy atom. The molecule has 2 nitrogen and oxygen atoms in total. The van der Waals surface area contributed by atoms with Gasteiger partial charge in [0.2, 0.25) is 5.91 Å². The van der Waals surface area contributed by atoms with E-state index in [1.807, 2.05) is 13.0 Å². The number of nitrogens with one attached hydrogen (secondary N) is 1. The van der Waals surface area contributed by atoms with Crippen molar-refractivity contribution in [3.05, 3.63) is 23.8 Å². The molecule has 1 aliphatic rings. The van der Waals surface area contributed by atoms with Gasteiger partial charge in [0.05, 0.1) is 0 Å². The third-order valence-electron chi connectivity index (χ3n) is 3.79. The van der Waals surface area contributed by atoms with Gasteiger partial charge in [-0.1, -0.05) is 31.6 Å². The Kier molecular flexibility index (Phi) is 4.34. The van der Waals surface area contributed by atoms with Crippen molar-refractivity contribution in [3.63, 3.8) is 0 Å². The molecule has 1 rings (SSSR count). The number of rotatable bonds is 4. The van der Waals surface area contributed by atoms with Crippen molar-refractivity contribution in [1.82, 2.24) is 5.32 Å². The second kappa shape index (κ2) is 5.33. The van der Waals surface area contributed by atoms with Crippen LogP contribution in [0.15, 0.2) is 23.8 Å². The van der Waals surface area contributed by atoms with E-state index >= 15 is 0 Å². The summed E-state index contributed by atoms with van der Waals surface area (Å²) in [6.45, 7) is 9.40. The van der Waals surface area contributed by atoms with Gasteiger partial charge in [0.1, 0.15) is 0 Å². The monoisotopic (exact) mass is 221 g/mol. The van der Waals surface area contributed by atoms with Crippen LogP contribution >= 0.6 is 0 Å². The maximum atomic E-state index is 11.2. The van der Waals surface area contributed by atoms with Crippen LogP contribution in [0, 0.1) is 11.3 Å². The lowest BCUT2D eigenvalue weighted by Gasteiger charge is -2.28. The minimum absolute atomic E-state index is 0.0167. The summed E-state index contributed by atoms with van der Waals surface area (Å²) in [4.78, 5) is 11.2. The van der Waals surface area contributed by atoms with E-state index in [1.165, 1.54) is 5.57 Å². The molecular weight excluding hydrogens is 198 g/mol. The van der Waals surface area contributed by atoms with Gasteiger partial charge in [0.15, 0.2) is 0 Å². The van der Waals surface area contributed by atoms with Crippen molar-refractivity contribution in [1.29, 1.82) is 0 Å². The summed E-state index contributed by atoms with van der Waals surface area (Å²) in [6.07, 6.45) is 8.11. The first-order chi connectivity index (χ1) is 7.48. The maximum absolute atomic E-state index is 11.2. The fourth-order valence-corrected chi connectivity index (χ4v) is 2.16. The molecule has 0 aliphatic heterocycles. The van der Waals surface area contributed by atoms with Crippen molar-refractivity contribution >= 4 is 5.91 Å². The normalized spacial score (nSPS) is 23.5. The van der Waals surface area contributed by atoms with Gasteiger partial charge in [0, 0.05) is 6.54 Å². The van der Waals surface area contributed by atoms with Crippen LogP contribution < -0.4 is 5.32 Å². The van der Waals surface area contributed by atoms with E-state index in [0.29, 0.717) is 12.5 Å². The molecule has 1 atom stereocenters. The van der Waals surface area contributed by atoms with E-state index in [0.717, 1.165) is 12.8 Å². The number of carbonyl (C=O) groups is 1. The Morgan fingerprint density at radius 3 is 2.81 bits per heavy atom. The average molecular weight is 221 g/mol. The molecule has 0 aromatic carbocycles. The molecule has 1 amide bonds. The predicted molar refractivity (Wildman–Crippen MR) is 68.1 cm³/mol. The molecular formula is C14H23NO. The van der Waals surface area contributed by atoms with Crippen molar-refractivity contribution in [3.8, 4) is 0 Å². The fraction of sp³-hybridized carbons (Fsp3) is 0.643. The van der Waals surface area contributed by atoms with Crippen molar-refractivity contribution in [2.75, 3.05) is 6.54 Å². The molecule has 0 radical (unpaired) electrons. The Bertz CT molecular complexity index is 313. The average Bonchev–Trinajstić information content (AvgIpc) is 2.45.